The SMILES string of the molecule is CCN(CC)S(=O)(=O)NCc1cnc[nH]1. The zero-order valence-corrected chi connectivity index (χ0v) is 9.71. The molecule has 0 unspecified atom stereocenters. The number of rotatable bonds is 6. The fraction of sp³-hybridized carbons (Fsp3) is 0.625. The van der Waals surface area contributed by atoms with Gasteiger partial charge in [0.2, 0.25) is 0 Å². The van der Waals surface area contributed by atoms with Gasteiger partial charge in [-0.3, -0.25) is 0 Å². The first kappa shape index (κ1) is 12.2. The van der Waals surface area contributed by atoms with Crippen LogP contribution in [-0.2, 0) is 16.8 Å². The van der Waals surface area contributed by atoms with E-state index in [1.807, 2.05) is 0 Å². The van der Waals surface area contributed by atoms with Crippen molar-refractivity contribution >= 4 is 10.2 Å². The van der Waals surface area contributed by atoms with Crippen LogP contribution in [0.5, 0.6) is 0 Å². The Morgan fingerprint density at radius 2 is 2.13 bits per heavy atom. The summed E-state index contributed by atoms with van der Waals surface area (Å²) in [6.45, 7) is 4.78. The third-order valence-electron chi connectivity index (χ3n) is 2.05. The van der Waals surface area contributed by atoms with E-state index in [1.54, 1.807) is 20.0 Å². The van der Waals surface area contributed by atoms with Crippen LogP contribution in [0.4, 0.5) is 0 Å². The van der Waals surface area contributed by atoms with Crippen molar-refractivity contribution in [3.05, 3.63) is 18.2 Å². The normalized spacial score (nSPS) is 12.2. The quantitative estimate of drug-likeness (QED) is 0.729. The molecule has 0 aromatic carbocycles. The largest absolute Gasteiger partial charge is 0.347 e. The van der Waals surface area contributed by atoms with Crippen LogP contribution >= 0.6 is 0 Å². The van der Waals surface area contributed by atoms with E-state index < -0.39 is 10.2 Å². The summed E-state index contributed by atoms with van der Waals surface area (Å²) >= 11 is 0. The molecule has 86 valence electrons. The molecule has 15 heavy (non-hydrogen) atoms. The number of hydrogen-bond donors (Lipinski definition) is 2. The third-order valence-corrected chi connectivity index (χ3v) is 3.75. The molecule has 0 aliphatic carbocycles. The second kappa shape index (κ2) is 5.24. The Morgan fingerprint density at radius 3 is 2.60 bits per heavy atom. The number of aromatic amines is 1. The standard InChI is InChI=1S/C8H16N4O2S/c1-3-12(4-2)15(13,14)11-6-8-5-9-7-10-8/h5,7,11H,3-4,6H2,1-2H3,(H,9,10). The maximum atomic E-state index is 11.7. The highest BCUT2D eigenvalue weighted by Gasteiger charge is 2.17. The first-order valence-corrected chi connectivity index (χ1v) is 6.26. The number of nitrogens with zero attached hydrogens (tertiary/aromatic N) is 2. The molecule has 7 heteroatoms. The molecule has 0 bridgehead atoms. The molecule has 0 radical (unpaired) electrons. The molecule has 1 aromatic rings. The predicted molar refractivity (Wildman–Crippen MR) is 57.3 cm³/mol. The van der Waals surface area contributed by atoms with Gasteiger partial charge in [-0.1, -0.05) is 13.8 Å². The molecular weight excluding hydrogens is 216 g/mol. The third kappa shape index (κ3) is 3.29. The Balaban J connectivity index is 2.57. The van der Waals surface area contributed by atoms with Gasteiger partial charge in [0.05, 0.1) is 12.9 Å². The summed E-state index contributed by atoms with van der Waals surface area (Å²) in [5.41, 5.74) is 0.741. The van der Waals surface area contributed by atoms with Crippen molar-refractivity contribution in [2.75, 3.05) is 13.1 Å². The Kier molecular flexibility index (Phi) is 4.25. The van der Waals surface area contributed by atoms with Gasteiger partial charge < -0.3 is 4.98 Å². The smallest absolute Gasteiger partial charge is 0.279 e. The highest BCUT2D eigenvalue weighted by Crippen LogP contribution is 1.98. The van der Waals surface area contributed by atoms with Gasteiger partial charge in [-0.2, -0.15) is 17.4 Å². The van der Waals surface area contributed by atoms with Crippen LogP contribution in [0.1, 0.15) is 19.5 Å². The van der Waals surface area contributed by atoms with E-state index in [1.165, 1.54) is 10.6 Å². The molecule has 0 saturated heterocycles. The van der Waals surface area contributed by atoms with E-state index in [-0.39, 0.29) is 6.54 Å². The molecule has 0 amide bonds. The van der Waals surface area contributed by atoms with E-state index >= 15 is 0 Å². The predicted octanol–water partition coefficient (Wildman–Crippen LogP) is 0.0859. The Bertz CT molecular complexity index is 369. The van der Waals surface area contributed by atoms with E-state index in [2.05, 4.69) is 14.7 Å². The summed E-state index contributed by atoms with van der Waals surface area (Å²) in [7, 11) is -3.36. The zero-order valence-electron chi connectivity index (χ0n) is 8.90. The van der Waals surface area contributed by atoms with Crippen LogP contribution in [0.2, 0.25) is 0 Å². The number of nitrogens with one attached hydrogen (secondary N) is 2. The van der Waals surface area contributed by atoms with E-state index in [0.29, 0.717) is 13.1 Å². The van der Waals surface area contributed by atoms with Crippen LogP contribution in [0.3, 0.4) is 0 Å². The lowest BCUT2D eigenvalue weighted by molar-refractivity contribution is 0.434. The summed E-state index contributed by atoms with van der Waals surface area (Å²) in [4.78, 5) is 6.63. The summed E-state index contributed by atoms with van der Waals surface area (Å²) in [5.74, 6) is 0. The summed E-state index contributed by atoms with van der Waals surface area (Å²) in [5, 5.41) is 0. The molecule has 6 nitrogen and oxygen atoms in total. The number of aromatic nitrogens is 2. The molecule has 0 fully saturated rings. The fourth-order valence-electron chi connectivity index (χ4n) is 1.21. The maximum absolute atomic E-state index is 11.7. The molecule has 0 aliphatic rings. The van der Waals surface area contributed by atoms with Crippen LogP contribution in [0.15, 0.2) is 12.5 Å². The van der Waals surface area contributed by atoms with E-state index in [0.717, 1.165) is 5.69 Å². The average molecular weight is 232 g/mol. The van der Waals surface area contributed by atoms with Crippen molar-refractivity contribution < 1.29 is 8.42 Å². The highest BCUT2D eigenvalue weighted by atomic mass is 32.2. The van der Waals surface area contributed by atoms with Crippen molar-refractivity contribution in [3.63, 3.8) is 0 Å². The van der Waals surface area contributed by atoms with Crippen molar-refractivity contribution in [1.82, 2.24) is 19.0 Å². The summed E-state index contributed by atoms with van der Waals surface area (Å²) in [6.07, 6.45) is 3.10. The fourth-order valence-corrected chi connectivity index (χ4v) is 2.41. The van der Waals surface area contributed by atoms with Crippen LogP contribution in [0.25, 0.3) is 0 Å². The lowest BCUT2D eigenvalue weighted by atomic mass is 10.5. The van der Waals surface area contributed by atoms with E-state index in [4.69, 9.17) is 0 Å². The topological polar surface area (TPSA) is 78.1 Å². The molecular formula is C8H16N4O2S. The minimum atomic E-state index is -3.36. The average Bonchev–Trinajstić information content (AvgIpc) is 2.69. The first-order valence-electron chi connectivity index (χ1n) is 4.82. The van der Waals surface area contributed by atoms with Gasteiger partial charge in [0.1, 0.15) is 0 Å². The summed E-state index contributed by atoms with van der Waals surface area (Å²) in [6, 6.07) is 0. The van der Waals surface area contributed by atoms with Crippen molar-refractivity contribution in [3.8, 4) is 0 Å². The monoisotopic (exact) mass is 232 g/mol. The Labute approximate surface area is 89.9 Å². The van der Waals surface area contributed by atoms with Gasteiger partial charge in [-0.15, -0.1) is 0 Å². The number of hydrogen-bond acceptors (Lipinski definition) is 3. The van der Waals surface area contributed by atoms with Crippen molar-refractivity contribution in [1.29, 1.82) is 0 Å². The second-order valence-electron chi connectivity index (χ2n) is 2.99. The molecule has 2 N–H and O–H groups in total. The van der Waals surface area contributed by atoms with Crippen molar-refractivity contribution in [2.24, 2.45) is 0 Å². The number of imidazole rings is 1. The Morgan fingerprint density at radius 1 is 1.47 bits per heavy atom. The lowest BCUT2D eigenvalue weighted by Gasteiger charge is -2.18. The van der Waals surface area contributed by atoms with Crippen LogP contribution in [-0.4, -0.2) is 35.8 Å². The number of H-pyrrole nitrogens is 1. The second-order valence-corrected chi connectivity index (χ2v) is 4.74. The van der Waals surface area contributed by atoms with Gasteiger partial charge in [0.15, 0.2) is 0 Å². The zero-order chi connectivity index (χ0) is 11.3. The first-order chi connectivity index (χ1) is 7.10. The van der Waals surface area contributed by atoms with Crippen molar-refractivity contribution in [2.45, 2.75) is 20.4 Å². The van der Waals surface area contributed by atoms with Gasteiger partial charge in [0, 0.05) is 25.0 Å². The molecule has 0 saturated carbocycles. The van der Waals surface area contributed by atoms with Gasteiger partial charge in [-0.25, -0.2) is 4.98 Å². The van der Waals surface area contributed by atoms with E-state index in [9.17, 15) is 8.42 Å². The van der Waals surface area contributed by atoms with Crippen LogP contribution in [0, 0.1) is 0 Å². The lowest BCUT2D eigenvalue weighted by Crippen LogP contribution is -2.40. The van der Waals surface area contributed by atoms with Gasteiger partial charge in [0.25, 0.3) is 10.2 Å². The van der Waals surface area contributed by atoms with Gasteiger partial charge in [-0.05, 0) is 0 Å². The molecule has 1 heterocycles. The molecule has 1 rings (SSSR count). The Hall–Kier alpha value is -0.920. The minimum Gasteiger partial charge on any atom is -0.347 e. The minimum absolute atomic E-state index is 0.235. The van der Waals surface area contributed by atoms with Crippen LogP contribution < -0.4 is 4.72 Å². The molecule has 0 atom stereocenters. The molecule has 0 aliphatic heterocycles. The van der Waals surface area contributed by atoms with Gasteiger partial charge >= 0.3 is 0 Å². The maximum Gasteiger partial charge on any atom is 0.279 e. The summed E-state index contributed by atoms with van der Waals surface area (Å²) < 4.78 is 27.2. The molecule has 0 spiro atoms. The molecule has 1 aromatic heterocycles. The highest BCUT2D eigenvalue weighted by molar-refractivity contribution is 7.87.